The monoisotopic (exact) mass is 392 g/mol. The van der Waals surface area contributed by atoms with Crippen molar-refractivity contribution in [1.82, 2.24) is 4.90 Å². The number of unbranched alkanes of at least 4 members (excludes halogenated alkanes) is 2. The maximum atomic E-state index is 12.6. The van der Waals surface area contributed by atoms with Gasteiger partial charge < -0.3 is 9.64 Å². The molecule has 26 heavy (non-hydrogen) atoms. The molecule has 0 N–H and O–H groups in total. The number of benzene rings is 1. The molecule has 7 heteroatoms. The van der Waals surface area contributed by atoms with Crippen LogP contribution in [-0.4, -0.2) is 48.8 Å². The molecule has 0 unspecified atom stereocenters. The molecule has 1 aliphatic rings. The van der Waals surface area contributed by atoms with E-state index in [2.05, 4.69) is 4.74 Å². The van der Waals surface area contributed by atoms with Crippen LogP contribution in [0.4, 0.5) is 5.69 Å². The van der Waals surface area contributed by atoms with Crippen molar-refractivity contribution in [3.63, 3.8) is 0 Å². The molecule has 1 aromatic rings. The third-order valence-corrected chi connectivity index (χ3v) is 5.45. The molecule has 1 saturated heterocycles. The number of ether oxygens (including phenoxy) is 1. The molecule has 0 spiro atoms. The highest BCUT2D eigenvalue weighted by Crippen LogP contribution is 2.33. The summed E-state index contributed by atoms with van der Waals surface area (Å²) < 4.78 is 5.21. The standard InChI is InChI=1S/C19H24N2O3S2/c1-20(2)15-10-8-14(9-11-15)13-16-18(23)21(19(25)26-16)12-6-4-5-7-17(22)24-3/h8-11,13H,4-7,12H2,1-3H3/b16-13-. The van der Waals surface area contributed by atoms with Gasteiger partial charge in [-0.15, -0.1) is 0 Å². The predicted octanol–water partition coefficient (Wildman–Crippen LogP) is 3.69. The molecular weight excluding hydrogens is 368 g/mol. The van der Waals surface area contributed by atoms with E-state index in [1.165, 1.54) is 18.9 Å². The molecule has 0 bridgehead atoms. The highest BCUT2D eigenvalue weighted by atomic mass is 32.2. The molecule has 2 rings (SSSR count). The van der Waals surface area contributed by atoms with Crippen LogP contribution in [0.3, 0.4) is 0 Å². The van der Waals surface area contributed by atoms with E-state index < -0.39 is 0 Å². The number of rotatable bonds is 8. The van der Waals surface area contributed by atoms with Gasteiger partial charge in [-0.25, -0.2) is 0 Å². The highest BCUT2D eigenvalue weighted by Gasteiger charge is 2.31. The summed E-state index contributed by atoms with van der Waals surface area (Å²) in [4.78, 5) is 28.0. The van der Waals surface area contributed by atoms with Gasteiger partial charge in [0.1, 0.15) is 4.32 Å². The number of anilines is 1. The predicted molar refractivity (Wildman–Crippen MR) is 111 cm³/mol. The van der Waals surface area contributed by atoms with Gasteiger partial charge in [0.2, 0.25) is 0 Å². The Morgan fingerprint density at radius 1 is 1.23 bits per heavy atom. The molecule has 140 valence electrons. The van der Waals surface area contributed by atoms with Gasteiger partial charge in [-0.2, -0.15) is 0 Å². The Hall–Kier alpha value is -1.86. The van der Waals surface area contributed by atoms with Crippen LogP contribution in [0.5, 0.6) is 0 Å². The van der Waals surface area contributed by atoms with E-state index in [1.54, 1.807) is 4.90 Å². The van der Waals surface area contributed by atoms with Crippen molar-refractivity contribution in [3.05, 3.63) is 34.7 Å². The SMILES string of the molecule is COC(=O)CCCCCN1C(=O)/C(=C/c2ccc(N(C)C)cc2)SC1=S. The Bertz CT molecular complexity index is 699. The van der Waals surface area contributed by atoms with Crippen LogP contribution in [-0.2, 0) is 14.3 Å². The zero-order chi connectivity index (χ0) is 19.1. The number of carbonyl (C=O) groups is 2. The zero-order valence-corrected chi connectivity index (χ0v) is 17.0. The summed E-state index contributed by atoms with van der Waals surface area (Å²) in [5, 5.41) is 0. The van der Waals surface area contributed by atoms with E-state index in [4.69, 9.17) is 12.2 Å². The van der Waals surface area contributed by atoms with E-state index in [9.17, 15) is 9.59 Å². The molecule has 0 saturated carbocycles. The molecule has 1 heterocycles. The van der Waals surface area contributed by atoms with Crippen LogP contribution in [0.2, 0.25) is 0 Å². The summed E-state index contributed by atoms with van der Waals surface area (Å²) in [7, 11) is 5.37. The molecule has 0 aliphatic carbocycles. The number of amides is 1. The Balaban J connectivity index is 1.90. The second kappa shape index (κ2) is 9.73. The fourth-order valence-corrected chi connectivity index (χ4v) is 3.84. The van der Waals surface area contributed by atoms with E-state index >= 15 is 0 Å². The van der Waals surface area contributed by atoms with Crippen molar-refractivity contribution in [3.8, 4) is 0 Å². The van der Waals surface area contributed by atoms with Crippen LogP contribution in [0, 0.1) is 0 Å². The topological polar surface area (TPSA) is 49.9 Å². The van der Waals surface area contributed by atoms with Gasteiger partial charge in [-0.05, 0) is 36.6 Å². The van der Waals surface area contributed by atoms with E-state index in [0.717, 1.165) is 30.5 Å². The first-order valence-electron chi connectivity index (χ1n) is 8.52. The Morgan fingerprint density at radius 3 is 2.54 bits per heavy atom. The van der Waals surface area contributed by atoms with Crippen molar-refractivity contribution in [1.29, 1.82) is 0 Å². The lowest BCUT2D eigenvalue weighted by Crippen LogP contribution is -2.29. The minimum Gasteiger partial charge on any atom is -0.469 e. The molecule has 0 aromatic heterocycles. The van der Waals surface area contributed by atoms with Crippen LogP contribution in [0.15, 0.2) is 29.2 Å². The second-order valence-corrected chi connectivity index (χ2v) is 7.88. The van der Waals surface area contributed by atoms with Crippen molar-refractivity contribution in [2.75, 3.05) is 32.6 Å². The largest absolute Gasteiger partial charge is 0.469 e. The molecule has 5 nitrogen and oxygen atoms in total. The lowest BCUT2D eigenvalue weighted by molar-refractivity contribution is -0.140. The van der Waals surface area contributed by atoms with Gasteiger partial charge in [-0.1, -0.05) is 42.5 Å². The number of thioether (sulfide) groups is 1. The molecular formula is C19H24N2O3S2. The van der Waals surface area contributed by atoms with Crippen molar-refractivity contribution in [2.45, 2.75) is 25.7 Å². The average Bonchev–Trinajstić information content (AvgIpc) is 2.88. The Labute approximate surface area is 164 Å². The first kappa shape index (κ1) is 20.5. The maximum Gasteiger partial charge on any atom is 0.305 e. The van der Waals surface area contributed by atoms with Gasteiger partial charge in [0.05, 0.1) is 12.0 Å². The van der Waals surface area contributed by atoms with Crippen molar-refractivity contribution < 1.29 is 14.3 Å². The maximum absolute atomic E-state index is 12.6. The zero-order valence-electron chi connectivity index (χ0n) is 15.4. The Morgan fingerprint density at radius 2 is 1.92 bits per heavy atom. The number of carbonyl (C=O) groups excluding carboxylic acids is 2. The number of nitrogens with zero attached hydrogens (tertiary/aromatic N) is 2. The molecule has 0 radical (unpaired) electrons. The summed E-state index contributed by atoms with van der Waals surface area (Å²) >= 11 is 6.69. The lowest BCUT2D eigenvalue weighted by atomic mass is 10.1. The second-order valence-electron chi connectivity index (χ2n) is 6.21. The average molecular weight is 393 g/mol. The minimum absolute atomic E-state index is 0.0374. The molecule has 1 fully saturated rings. The first-order valence-corrected chi connectivity index (χ1v) is 9.74. The number of hydrogen-bond donors (Lipinski definition) is 0. The summed E-state index contributed by atoms with van der Waals surface area (Å²) in [5.41, 5.74) is 2.09. The number of esters is 1. The third kappa shape index (κ3) is 5.57. The van der Waals surface area contributed by atoms with Crippen LogP contribution in [0.25, 0.3) is 6.08 Å². The molecule has 1 aromatic carbocycles. The minimum atomic E-state index is -0.196. The smallest absolute Gasteiger partial charge is 0.305 e. The Kier molecular flexibility index (Phi) is 7.66. The highest BCUT2D eigenvalue weighted by molar-refractivity contribution is 8.26. The molecule has 0 atom stereocenters. The number of hydrogen-bond acceptors (Lipinski definition) is 6. The van der Waals surface area contributed by atoms with E-state index in [-0.39, 0.29) is 11.9 Å². The summed E-state index contributed by atoms with van der Waals surface area (Å²) in [6.45, 7) is 0.586. The number of thiocarbonyl (C=S) groups is 1. The normalized spacial score (nSPS) is 15.7. The summed E-state index contributed by atoms with van der Waals surface area (Å²) in [6.07, 6.45) is 4.73. The van der Waals surface area contributed by atoms with Crippen molar-refractivity contribution >= 4 is 51.9 Å². The first-order chi connectivity index (χ1) is 12.4. The van der Waals surface area contributed by atoms with Gasteiger partial charge in [0.15, 0.2) is 0 Å². The summed E-state index contributed by atoms with van der Waals surface area (Å²) in [6, 6.07) is 8.03. The van der Waals surface area contributed by atoms with Crippen LogP contribution < -0.4 is 4.90 Å². The van der Waals surface area contributed by atoms with Crippen LogP contribution in [0.1, 0.15) is 31.2 Å². The summed E-state index contributed by atoms with van der Waals surface area (Å²) in [5.74, 6) is -0.233. The lowest BCUT2D eigenvalue weighted by Gasteiger charge is -2.14. The van der Waals surface area contributed by atoms with Crippen LogP contribution >= 0.6 is 24.0 Å². The van der Waals surface area contributed by atoms with E-state index in [0.29, 0.717) is 22.2 Å². The van der Waals surface area contributed by atoms with Gasteiger partial charge in [0, 0.05) is 32.7 Å². The van der Waals surface area contributed by atoms with Gasteiger partial charge in [-0.3, -0.25) is 14.5 Å². The molecule has 1 aliphatic heterocycles. The fraction of sp³-hybridized carbons (Fsp3) is 0.421. The van der Waals surface area contributed by atoms with Gasteiger partial charge in [0.25, 0.3) is 5.91 Å². The van der Waals surface area contributed by atoms with Gasteiger partial charge >= 0.3 is 5.97 Å². The number of methoxy groups -OCH3 is 1. The molecule has 1 amide bonds. The van der Waals surface area contributed by atoms with E-state index in [1.807, 2.05) is 49.3 Å². The third-order valence-electron chi connectivity index (χ3n) is 4.07. The van der Waals surface area contributed by atoms with Crippen molar-refractivity contribution in [2.24, 2.45) is 0 Å². The quantitative estimate of drug-likeness (QED) is 0.291. The fourth-order valence-electron chi connectivity index (χ4n) is 2.53.